The zero-order valence-electron chi connectivity index (χ0n) is 13.9. The van der Waals surface area contributed by atoms with E-state index in [0.717, 1.165) is 17.4 Å². The van der Waals surface area contributed by atoms with Crippen LogP contribution in [0.4, 0.5) is 4.79 Å². The first-order valence-corrected chi connectivity index (χ1v) is 8.81. The van der Waals surface area contributed by atoms with Gasteiger partial charge >= 0.3 is 6.03 Å². The molecule has 0 unspecified atom stereocenters. The SMILES string of the molecule is CCNC(=O)NC(=O)CSc1nc2c(cnn2-c2ccccc2)c(=O)[nH]1. The molecule has 0 fully saturated rings. The van der Waals surface area contributed by atoms with Crippen LogP contribution in [0.3, 0.4) is 0 Å². The Kier molecular flexibility index (Phi) is 5.32. The topological polar surface area (TPSA) is 122 Å². The summed E-state index contributed by atoms with van der Waals surface area (Å²) in [5, 5.41) is 9.49. The maximum atomic E-state index is 12.2. The van der Waals surface area contributed by atoms with Gasteiger partial charge in [-0.3, -0.25) is 14.9 Å². The lowest BCUT2D eigenvalue weighted by Gasteiger charge is -2.05. The van der Waals surface area contributed by atoms with E-state index in [1.54, 1.807) is 11.6 Å². The number of rotatable bonds is 5. The molecule has 0 saturated carbocycles. The molecule has 0 spiro atoms. The number of imide groups is 1. The fourth-order valence-corrected chi connectivity index (χ4v) is 2.88. The number of hydrogen-bond acceptors (Lipinski definition) is 6. The number of nitrogens with one attached hydrogen (secondary N) is 3. The predicted molar refractivity (Wildman–Crippen MR) is 97.4 cm³/mol. The summed E-state index contributed by atoms with van der Waals surface area (Å²) in [4.78, 5) is 42.3. The zero-order chi connectivity index (χ0) is 18.5. The highest BCUT2D eigenvalue weighted by atomic mass is 32.2. The molecule has 0 atom stereocenters. The van der Waals surface area contributed by atoms with Crippen molar-refractivity contribution in [2.45, 2.75) is 12.1 Å². The molecule has 3 rings (SSSR count). The monoisotopic (exact) mass is 372 g/mol. The van der Waals surface area contributed by atoms with E-state index in [0.29, 0.717) is 17.6 Å². The van der Waals surface area contributed by atoms with Crippen LogP contribution in [0.5, 0.6) is 0 Å². The van der Waals surface area contributed by atoms with Gasteiger partial charge in [0.15, 0.2) is 10.8 Å². The van der Waals surface area contributed by atoms with Crippen LogP contribution in [0, 0.1) is 0 Å². The number of para-hydroxylation sites is 1. The summed E-state index contributed by atoms with van der Waals surface area (Å²) in [6.07, 6.45) is 1.45. The Morgan fingerprint density at radius 1 is 1.27 bits per heavy atom. The summed E-state index contributed by atoms with van der Waals surface area (Å²) in [6, 6.07) is 8.74. The molecule has 0 radical (unpaired) electrons. The molecule has 0 bridgehead atoms. The first kappa shape index (κ1) is 17.7. The van der Waals surface area contributed by atoms with Crippen molar-refractivity contribution in [2.75, 3.05) is 12.3 Å². The van der Waals surface area contributed by atoms with Gasteiger partial charge in [0.05, 0.1) is 17.6 Å². The summed E-state index contributed by atoms with van der Waals surface area (Å²) >= 11 is 1.03. The van der Waals surface area contributed by atoms with Crippen LogP contribution in [0.2, 0.25) is 0 Å². The first-order valence-electron chi connectivity index (χ1n) is 7.82. The lowest BCUT2D eigenvalue weighted by molar-refractivity contribution is -0.117. The molecule has 1 aromatic carbocycles. The molecule has 3 amide bonds. The van der Waals surface area contributed by atoms with Crippen molar-refractivity contribution >= 4 is 34.7 Å². The van der Waals surface area contributed by atoms with Crippen molar-refractivity contribution in [3.8, 4) is 5.69 Å². The first-order chi connectivity index (χ1) is 12.6. The second-order valence-electron chi connectivity index (χ2n) is 5.20. The lowest BCUT2D eigenvalue weighted by atomic mass is 10.3. The van der Waals surface area contributed by atoms with Gasteiger partial charge < -0.3 is 10.3 Å². The number of hydrogen-bond donors (Lipinski definition) is 3. The van der Waals surface area contributed by atoms with Crippen molar-refractivity contribution in [1.82, 2.24) is 30.4 Å². The highest BCUT2D eigenvalue weighted by molar-refractivity contribution is 7.99. The molecule has 0 aliphatic carbocycles. The number of carbonyl (C=O) groups excluding carboxylic acids is 2. The van der Waals surface area contributed by atoms with E-state index in [9.17, 15) is 14.4 Å². The fraction of sp³-hybridized carbons (Fsp3) is 0.188. The van der Waals surface area contributed by atoms with E-state index >= 15 is 0 Å². The number of nitrogens with zero attached hydrogens (tertiary/aromatic N) is 3. The van der Waals surface area contributed by atoms with Gasteiger partial charge in [0.25, 0.3) is 5.56 Å². The smallest absolute Gasteiger partial charge is 0.321 e. The molecule has 3 N–H and O–H groups in total. The van der Waals surface area contributed by atoms with Gasteiger partial charge in [-0.2, -0.15) is 5.10 Å². The number of fused-ring (bicyclic) bond motifs is 1. The lowest BCUT2D eigenvalue weighted by Crippen LogP contribution is -2.40. The molecule has 2 heterocycles. The van der Waals surface area contributed by atoms with E-state index in [1.165, 1.54) is 6.20 Å². The van der Waals surface area contributed by atoms with Gasteiger partial charge in [-0.1, -0.05) is 30.0 Å². The molecule has 3 aromatic rings. The van der Waals surface area contributed by atoms with Gasteiger partial charge in [0.1, 0.15) is 5.39 Å². The minimum Gasteiger partial charge on any atom is -0.338 e. The number of H-pyrrole nitrogens is 1. The molecule has 10 heteroatoms. The maximum Gasteiger partial charge on any atom is 0.321 e. The molecule has 26 heavy (non-hydrogen) atoms. The minimum absolute atomic E-state index is 0.0644. The Balaban J connectivity index is 1.81. The summed E-state index contributed by atoms with van der Waals surface area (Å²) < 4.78 is 1.56. The van der Waals surface area contributed by atoms with Crippen LogP contribution in [0.15, 0.2) is 46.5 Å². The Morgan fingerprint density at radius 2 is 2.04 bits per heavy atom. The summed E-state index contributed by atoms with van der Waals surface area (Å²) in [5.74, 6) is -0.550. The molecule has 2 aromatic heterocycles. The van der Waals surface area contributed by atoms with Crippen molar-refractivity contribution < 1.29 is 9.59 Å². The molecule has 0 saturated heterocycles. The van der Waals surface area contributed by atoms with Crippen LogP contribution >= 0.6 is 11.8 Å². The summed E-state index contributed by atoms with van der Waals surface area (Å²) in [5.41, 5.74) is 0.820. The Morgan fingerprint density at radius 3 is 2.77 bits per heavy atom. The fourth-order valence-electron chi connectivity index (χ4n) is 2.23. The van der Waals surface area contributed by atoms with Crippen LogP contribution in [0.25, 0.3) is 16.7 Å². The van der Waals surface area contributed by atoms with Crippen LogP contribution in [0.1, 0.15) is 6.92 Å². The number of carbonyl (C=O) groups is 2. The predicted octanol–water partition coefficient (Wildman–Crippen LogP) is 1.05. The second-order valence-corrected chi connectivity index (χ2v) is 6.16. The van der Waals surface area contributed by atoms with Crippen LogP contribution in [-0.2, 0) is 4.79 Å². The highest BCUT2D eigenvalue weighted by Gasteiger charge is 2.13. The largest absolute Gasteiger partial charge is 0.338 e. The van der Waals surface area contributed by atoms with E-state index in [-0.39, 0.29) is 16.5 Å². The van der Waals surface area contributed by atoms with Gasteiger partial charge in [-0.05, 0) is 19.1 Å². The highest BCUT2D eigenvalue weighted by Crippen LogP contribution is 2.17. The van der Waals surface area contributed by atoms with Crippen LogP contribution < -0.4 is 16.2 Å². The quantitative estimate of drug-likeness (QED) is 0.454. The maximum absolute atomic E-state index is 12.2. The number of aromatic nitrogens is 4. The minimum atomic E-state index is -0.558. The van der Waals surface area contributed by atoms with E-state index in [2.05, 4.69) is 25.7 Å². The normalized spacial score (nSPS) is 10.7. The average Bonchev–Trinajstić information content (AvgIpc) is 3.05. The average molecular weight is 372 g/mol. The zero-order valence-corrected chi connectivity index (χ0v) is 14.7. The Labute approximate surface area is 152 Å². The molecule has 0 aliphatic rings. The van der Waals surface area contributed by atoms with Crippen molar-refractivity contribution in [3.05, 3.63) is 46.9 Å². The number of urea groups is 1. The van der Waals surface area contributed by atoms with Gasteiger partial charge in [-0.25, -0.2) is 14.5 Å². The molecule has 0 aliphatic heterocycles. The molecular weight excluding hydrogens is 356 g/mol. The van der Waals surface area contributed by atoms with E-state index in [1.807, 2.05) is 30.3 Å². The standard InChI is InChI=1S/C16H16N6O3S/c1-2-17-15(25)19-12(23)9-26-16-20-13-11(14(24)21-16)8-18-22(13)10-6-4-3-5-7-10/h3-8H,2,9H2,1H3,(H,20,21,24)(H2,17,19,23,25). The van der Waals surface area contributed by atoms with E-state index < -0.39 is 11.9 Å². The number of amides is 3. The number of aromatic amines is 1. The van der Waals surface area contributed by atoms with Gasteiger partial charge in [0, 0.05) is 6.54 Å². The van der Waals surface area contributed by atoms with Crippen molar-refractivity contribution in [2.24, 2.45) is 0 Å². The van der Waals surface area contributed by atoms with Crippen molar-refractivity contribution in [3.63, 3.8) is 0 Å². The van der Waals surface area contributed by atoms with Gasteiger partial charge in [-0.15, -0.1) is 0 Å². The molecule has 134 valence electrons. The van der Waals surface area contributed by atoms with E-state index in [4.69, 9.17) is 0 Å². The molecule has 9 nitrogen and oxygen atoms in total. The molecular formula is C16H16N6O3S. The number of benzene rings is 1. The van der Waals surface area contributed by atoms with Gasteiger partial charge in [0.2, 0.25) is 5.91 Å². The third-order valence-electron chi connectivity index (χ3n) is 3.35. The summed E-state index contributed by atoms with van der Waals surface area (Å²) in [6.45, 7) is 2.17. The van der Waals surface area contributed by atoms with Crippen molar-refractivity contribution in [1.29, 1.82) is 0 Å². The number of thioether (sulfide) groups is 1. The summed E-state index contributed by atoms with van der Waals surface area (Å²) in [7, 11) is 0. The third kappa shape index (κ3) is 3.91. The Bertz CT molecular complexity index is 998. The Hall–Kier alpha value is -3.14. The van der Waals surface area contributed by atoms with Crippen LogP contribution in [-0.4, -0.2) is 44.0 Å². The second kappa shape index (κ2) is 7.83. The third-order valence-corrected chi connectivity index (χ3v) is 4.22.